The molecule has 1 saturated heterocycles. The van der Waals surface area contributed by atoms with E-state index in [0.29, 0.717) is 12.3 Å². The van der Waals surface area contributed by atoms with Crippen molar-refractivity contribution in [3.05, 3.63) is 12.4 Å². The van der Waals surface area contributed by atoms with Gasteiger partial charge in [-0.25, -0.2) is 9.97 Å². The van der Waals surface area contributed by atoms with E-state index < -0.39 is 0 Å². The monoisotopic (exact) mass is 305 g/mol. The van der Waals surface area contributed by atoms with Crippen LogP contribution < -0.4 is 15.5 Å². The molecule has 6 nitrogen and oxygen atoms in total. The van der Waals surface area contributed by atoms with Crippen LogP contribution in [0.4, 0.5) is 11.6 Å². The van der Waals surface area contributed by atoms with Crippen LogP contribution in [0.25, 0.3) is 0 Å². The molecule has 122 valence electrons. The summed E-state index contributed by atoms with van der Waals surface area (Å²) in [6, 6.07) is 2.02. The Bertz CT molecular complexity index is 479. The lowest BCUT2D eigenvalue weighted by atomic mass is 9.93. The number of piperidine rings is 1. The Kier molecular flexibility index (Phi) is 6.43. The van der Waals surface area contributed by atoms with E-state index in [0.717, 1.165) is 50.5 Å². The number of rotatable bonds is 7. The van der Waals surface area contributed by atoms with Crippen molar-refractivity contribution < 1.29 is 4.79 Å². The van der Waals surface area contributed by atoms with Gasteiger partial charge in [-0.2, -0.15) is 0 Å². The first-order chi connectivity index (χ1) is 10.7. The Balaban J connectivity index is 1.92. The highest BCUT2D eigenvalue weighted by Crippen LogP contribution is 2.25. The first-order valence-electron chi connectivity index (χ1n) is 8.24. The van der Waals surface area contributed by atoms with Gasteiger partial charge in [-0.1, -0.05) is 6.92 Å². The fourth-order valence-corrected chi connectivity index (χ4v) is 2.84. The number of anilines is 2. The fraction of sp³-hybridized carbons (Fsp3) is 0.688. The third-order valence-electron chi connectivity index (χ3n) is 4.11. The minimum atomic E-state index is 0.130. The van der Waals surface area contributed by atoms with Crippen molar-refractivity contribution >= 4 is 17.5 Å². The Morgan fingerprint density at radius 2 is 2.32 bits per heavy atom. The number of carbonyl (C=O) groups excluding carboxylic acids is 1. The zero-order valence-corrected chi connectivity index (χ0v) is 13.6. The molecule has 0 radical (unpaired) electrons. The van der Waals surface area contributed by atoms with E-state index in [-0.39, 0.29) is 5.91 Å². The maximum atomic E-state index is 11.4. The van der Waals surface area contributed by atoms with Crippen LogP contribution in [0.5, 0.6) is 0 Å². The van der Waals surface area contributed by atoms with E-state index in [4.69, 9.17) is 0 Å². The van der Waals surface area contributed by atoms with E-state index in [1.165, 1.54) is 6.42 Å². The predicted octanol–water partition coefficient (Wildman–Crippen LogP) is 2.04. The number of nitrogens with one attached hydrogen (secondary N) is 2. The summed E-state index contributed by atoms with van der Waals surface area (Å²) in [5, 5.41) is 6.00. The van der Waals surface area contributed by atoms with E-state index in [1.54, 1.807) is 13.4 Å². The van der Waals surface area contributed by atoms with E-state index in [2.05, 4.69) is 32.4 Å². The smallest absolute Gasteiger partial charge is 0.219 e. The summed E-state index contributed by atoms with van der Waals surface area (Å²) in [6.07, 6.45) is 6.61. The SMILES string of the molecule is CCCNc1cc(N2CCC[C@@H](CCC(=O)NC)C2)ncn1. The third-order valence-corrected chi connectivity index (χ3v) is 4.11. The van der Waals surface area contributed by atoms with Gasteiger partial charge in [0.25, 0.3) is 0 Å². The van der Waals surface area contributed by atoms with Crippen molar-refractivity contribution in [1.82, 2.24) is 15.3 Å². The molecule has 0 bridgehead atoms. The van der Waals surface area contributed by atoms with E-state index in [9.17, 15) is 4.79 Å². The molecule has 1 atom stereocenters. The Hall–Kier alpha value is -1.85. The first kappa shape index (κ1) is 16.5. The van der Waals surface area contributed by atoms with Gasteiger partial charge in [-0.05, 0) is 31.6 Å². The van der Waals surface area contributed by atoms with Gasteiger partial charge < -0.3 is 15.5 Å². The van der Waals surface area contributed by atoms with Crippen molar-refractivity contribution in [2.24, 2.45) is 5.92 Å². The molecule has 2 rings (SSSR count). The number of hydrogen-bond acceptors (Lipinski definition) is 5. The van der Waals surface area contributed by atoms with Gasteiger partial charge in [-0.15, -0.1) is 0 Å². The topological polar surface area (TPSA) is 70.2 Å². The van der Waals surface area contributed by atoms with Gasteiger partial charge in [0, 0.05) is 39.2 Å². The van der Waals surface area contributed by atoms with Crippen LogP contribution in [0, 0.1) is 5.92 Å². The average Bonchev–Trinajstić information content (AvgIpc) is 2.58. The summed E-state index contributed by atoms with van der Waals surface area (Å²) in [5.74, 6) is 2.57. The average molecular weight is 305 g/mol. The van der Waals surface area contributed by atoms with Crippen molar-refractivity contribution in [3.63, 3.8) is 0 Å². The largest absolute Gasteiger partial charge is 0.370 e. The quantitative estimate of drug-likeness (QED) is 0.807. The van der Waals surface area contributed by atoms with Crippen molar-refractivity contribution in [3.8, 4) is 0 Å². The molecule has 1 aromatic heterocycles. The Labute approximate surface area is 132 Å². The molecule has 0 saturated carbocycles. The number of amides is 1. The van der Waals surface area contributed by atoms with E-state index >= 15 is 0 Å². The maximum absolute atomic E-state index is 11.4. The lowest BCUT2D eigenvalue weighted by molar-refractivity contribution is -0.120. The van der Waals surface area contributed by atoms with Gasteiger partial charge in [0.2, 0.25) is 5.91 Å². The fourth-order valence-electron chi connectivity index (χ4n) is 2.84. The standard InChI is InChI=1S/C16H27N5O/c1-3-8-18-14-10-15(20-12-19-14)21-9-4-5-13(11-21)6-7-16(22)17-2/h10,12-13H,3-9,11H2,1-2H3,(H,17,22)(H,18,19,20)/t13-/m0/s1. The van der Waals surface area contributed by atoms with Crippen LogP contribution in [-0.4, -0.2) is 42.6 Å². The van der Waals surface area contributed by atoms with Crippen LogP contribution in [0.1, 0.15) is 39.0 Å². The molecule has 0 aromatic carbocycles. The van der Waals surface area contributed by atoms with Crippen LogP contribution in [-0.2, 0) is 4.79 Å². The van der Waals surface area contributed by atoms with Crippen molar-refractivity contribution in [2.75, 3.05) is 36.9 Å². The maximum Gasteiger partial charge on any atom is 0.219 e. The summed E-state index contributed by atoms with van der Waals surface area (Å²) in [4.78, 5) is 22.4. The minimum Gasteiger partial charge on any atom is -0.370 e. The van der Waals surface area contributed by atoms with Crippen LogP contribution >= 0.6 is 0 Å². The molecule has 2 heterocycles. The number of nitrogens with zero attached hydrogens (tertiary/aromatic N) is 3. The summed E-state index contributed by atoms with van der Waals surface area (Å²) in [5.41, 5.74) is 0. The van der Waals surface area contributed by atoms with Gasteiger partial charge in [0.1, 0.15) is 18.0 Å². The summed E-state index contributed by atoms with van der Waals surface area (Å²) < 4.78 is 0. The molecule has 22 heavy (non-hydrogen) atoms. The summed E-state index contributed by atoms with van der Waals surface area (Å²) in [6.45, 7) is 5.06. The molecule has 0 aliphatic carbocycles. The normalized spacial score (nSPS) is 18.1. The molecular formula is C16H27N5O. The van der Waals surface area contributed by atoms with Crippen molar-refractivity contribution in [2.45, 2.75) is 39.0 Å². The molecule has 2 N–H and O–H groups in total. The predicted molar refractivity (Wildman–Crippen MR) is 89.1 cm³/mol. The Morgan fingerprint density at radius 1 is 1.45 bits per heavy atom. The number of carbonyl (C=O) groups is 1. The highest BCUT2D eigenvalue weighted by molar-refractivity contribution is 5.75. The van der Waals surface area contributed by atoms with Crippen LogP contribution in [0.3, 0.4) is 0 Å². The molecular weight excluding hydrogens is 278 g/mol. The second-order valence-corrected chi connectivity index (χ2v) is 5.85. The number of hydrogen-bond donors (Lipinski definition) is 2. The molecule has 6 heteroatoms. The zero-order valence-electron chi connectivity index (χ0n) is 13.6. The zero-order chi connectivity index (χ0) is 15.8. The molecule has 0 spiro atoms. The molecule has 1 aromatic rings. The van der Waals surface area contributed by atoms with Gasteiger partial charge in [0.05, 0.1) is 0 Å². The summed E-state index contributed by atoms with van der Waals surface area (Å²) in [7, 11) is 1.70. The van der Waals surface area contributed by atoms with Crippen molar-refractivity contribution in [1.29, 1.82) is 0 Å². The third kappa shape index (κ3) is 4.86. The molecule has 1 aliphatic heterocycles. The van der Waals surface area contributed by atoms with E-state index in [1.807, 2.05) is 6.07 Å². The molecule has 1 aliphatic rings. The van der Waals surface area contributed by atoms with Gasteiger partial charge in [-0.3, -0.25) is 4.79 Å². The number of aromatic nitrogens is 2. The highest BCUT2D eigenvalue weighted by Gasteiger charge is 2.21. The van der Waals surface area contributed by atoms with Gasteiger partial charge in [0.15, 0.2) is 0 Å². The highest BCUT2D eigenvalue weighted by atomic mass is 16.1. The molecule has 1 fully saturated rings. The lowest BCUT2D eigenvalue weighted by Gasteiger charge is -2.33. The summed E-state index contributed by atoms with van der Waals surface area (Å²) >= 11 is 0. The second kappa shape index (κ2) is 8.56. The Morgan fingerprint density at radius 3 is 3.09 bits per heavy atom. The van der Waals surface area contributed by atoms with Crippen LogP contribution in [0.2, 0.25) is 0 Å². The second-order valence-electron chi connectivity index (χ2n) is 5.85. The molecule has 0 unspecified atom stereocenters. The minimum absolute atomic E-state index is 0.130. The van der Waals surface area contributed by atoms with Gasteiger partial charge >= 0.3 is 0 Å². The lowest BCUT2D eigenvalue weighted by Crippen LogP contribution is -2.36. The van der Waals surface area contributed by atoms with Crippen LogP contribution in [0.15, 0.2) is 12.4 Å². The first-order valence-corrected chi connectivity index (χ1v) is 8.24. The molecule has 1 amide bonds.